The van der Waals surface area contributed by atoms with Gasteiger partial charge >= 0.3 is 5.69 Å². The number of hydrogen-bond acceptors (Lipinski definition) is 5. The number of nitrogens with two attached hydrogens (primary N) is 1. The maximum atomic E-state index is 12.1. The highest BCUT2D eigenvalue weighted by atomic mass is 35.5. The monoisotopic (exact) mass is 334 g/mol. The molecule has 1 atom stereocenters. The van der Waals surface area contributed by atoms with Crippen molar-refractivity contribution >= 4 is 33.3 Å². The van der Waals surface area contributed by atoms with Gasteiger partial charge in [0.1, 0.15) is 0 Å². The van der Waals surface area contributed by atoms with Gasteiger partial charge in [0.2, 0.25) is 10.0 Å². The third-order valence-corrected chi connectivity index (χ3v) is 4.32. The van der Waals surface area contributed by atoms with Crippen molar-refractivity contribution in [2.75, 3.05) is 6.54 Å². The van der Waals surface area contributed by atoms with Crippen molar-refractivity contribution in [3.05, 3.63) is 39.0 Å². The Morgan fingerprint density at radius 2 is 1.95 bits per heavy atom. The highest BCUT2D eigenvalue weighted by molar-refractivity contribution is 7.89. The lowest BCUT2D eigenvalue weighted by atomic mass is 10.2. The summed E-state index contributed by atoms with van der Waals surface area (Å²) in [6.45, 7) is 1.78. The molecule has 116 valence electrons. The van der Waals surface area contributed by atoms with Gasteiger partial charge in [-0.1, -0.05) is 0 Å². The van der Waals surface area contributed by atoms with E-state index in [1.165, 1.54) is 18.2 Å². The molecule has 1 aromatic heterocycles. The topological polar surface area (TPSA) is 138 Å². The second-order valence-corrected chi connectivity index (χ2v) is 6.09. The van der Waals surface area contributed by atoms with Crippen LogP contribution in [0.25, 0.3) is 10.9 Å². The number of aromatic amines is 2. The first-order chi connectivity index (χ1) is 9.33. The van der Waals surface area contributed by atoms with Crippen LogP contribution >= 0.6 is 12.4 Å². The van der Waals surface area contributed by atoms with E-state index >= 15 is 0 Å². The Bertz CT molecular complexity index is 858. The van der Waals surface area contributed by atoms with Crippen LogP contribution in [0.5, 0.6) is 0 Å². The quantitative estimate of drug-likeness (QED) is 0.583. The van der Waals surface area contributed by atoms with Gasteiger partial charge in [0.15, 0.2) is 0 Å². The van der Waals surface area contributed by atoms with Gasteiger partial charge in [-0.25, -0.2) is 17.9 Å². The molecule has 2 aromatic rings. The van der Waals surface area contributed by atoms with Gasteiger partial charge in [-0.15, -0.1) is 12.4 Å². The van der Waals surface area contributed by atoms with Crippen LogP contribution in [0.4, 0.5) is 0 Å². The molecule has 8 nitrogen and oxygen atoms in total. The summed E-state index contributed by atoms with van der Waals surface area (Å²) in [7, 11) is -3.76. The smallest absolute Gasteiger partial charge is 0.326 e. The van der Waals surface area contributed by atoms with Crippen LogP contribution in [-0.4, -0.2) is 31.0 Å². The highest BCUT2D eigenvalue weighted by Gasteiger charge is 2.17. The third-order valence-electron chi connectivity index (χ3n) is 2.73. The molecule has 0 amide bonds. The second-order valence-electron chi connectivity index (χ2n) is 4.37. The Morgan fingerprint density at radius 3 is 2.57 bits per heavy atom. The molecule has 0 unspecified atom stereocenters. The Labute approximate surface area is 126 Å². The minimum absolute atomic E-state index is 0. The Balaban J connectivity index is 0.00000220. The third kappa shape index (κ3) is 3.70. The van der Waals surface area contributed by atoms with Crippen LogP contribution in [0, 0.1) is 0 Å². The molecule has 0 spiro atoms. The fraction of sp³-hybridized carbons (Fsp3) is 0.273. The van der Waals surface area contributed by atoms with Crippen molar-refractivity contribution in [2.24, 2.45) is 5.73 Å². The molecule has 0 aliphatic rings. The number of fused-ring (bicyclic) bond motifs is 1. The van der Waals surface area contributed by atoms with Crippen LogP contribution < -0.4 is 21.7 Å². The minimum atomic E-state index is -3.76. The van der Waals surface area contributed by atoms with Crippen molar-refractivity contribution in [3.63, 3.8) is 0 Å². The number of benzene rings is 1. The lowest BCUT2D eigenvalue weighted by Gasteiger charge is -2.12. The van der Waals surface area contributed by atoms with E-state index in [1.807, 2.05) is 4.98 Å². The first-order valence-electron chi connectivity index (χ1n) is 5.82. The zero-order valence-corrected chi connectivity index (χ0v) is 12.7. The molecule has 0 saturated heterocycles. The Hall–Kier alpha value is -1.68. The van der Waals surface area contributed by atoms with Crippen molar-refractivity contribution < 1.29 is 8.42 Å². The summed E-state index contributed by atoms with van der Waals surface area (Å²) in [6, 6.07) is 3.46. The van der Waals surface area contributed by atoms with E-state index in [-0.39, 0.29) is 34.8 Å². The summed E-state index contributed by atoms with van der Waals surface area (Å²) in [5, 5.41) is 0.0906. The van der Waals surface area contributed by atoms with E-state index in [9.17, 15) is 18.0 Å². The maximum absolute atomic E-state index is 12.1. The molecule has 10 heteroatoms. The van der Waals surface area contributed by atoms with Gasteiger partial charge in [-0.2, -0.15) is 0 Å². The number of sulfonamides is 1. The SMILES string of the molecule is C[C@@H](CN)NS(=O)(=O)c1ccc2[nH]c(=O)[nH]c(=O)c2c1.Cl. The first-order valence-corrected chi connectivity index (χ1v) is 7.30. The lowest BCUT2D eigenvalue weighted by molar-refractivity contribution is 0.563. The number of aromatic nitrogens is 2. The predicted octanol–water partition coefficient (Wildman–Crippen LogP) is -0.736. The van der Waals surface area contributed by atoms with E-state index in [1.54, 1.807) is 6.92 Å². The van der Waals surface area contributed by atoms with Crippen LogP contribution in [0.1, 0.15) is 6.92 Å². The van der Waals surface area contributed by atoms with E-state index in [0.717, 1.165) is 0 Å². The first kappa shape index (κ1) is 17.4. The number of H-pyrrole nitrogens is 2. The van der Waals surface area contributed by atoms with Crippen molar-refractivity contribution in [2.45, 2.75) is 17.9 Å². The summed E-state index contributed by atoms with van der Waals surface area (Å²) in [6.07, 6.45) is 0. The number of nitrogens with one attached hydrogen (secondary N) is 3. The maximum Gasteiger partial charge on any atom is 0.326 e. The molecule has 2 rings (SSSR count). The molecule has 0 aliphatic carbocycles. The van der Waals surface area contributed by atoms with Crippen LogP contribution in [-0.2, 0) is 10.0 Å². The predicted molar refractivity (Wildman–Crippen MR) is 81.3 cm³/mol. The van der Waals surface area contributed by atoms with Gasteiger partial charge in [-0.05, 0) is 25.1 Å². The number of halogens is 1. The molecule has 0 fully saturated rings. The molecule has 0 radical (unpaired) electrons. The van der Waals surface area contributed by atoms with Crippen molar-refractivity contribution in [1.29, 1.82) is 0 Å². The van der Waals surface area contributed by atoms with Crippen LogP contribution in [0.2, 0.25) is 0 Å². The van der Waals surface area contributed by atoms with Gasteiger partial charge in [0, 0.05) is 12.6 Å². The van der Waals surface area contributed by atoms with E-state index in [0.29, 0.717) is 0 Å². The molecule has 5 N–H and O–H groups in total. The fourth-order valence-electron chi connectivity index (χ4n) is 1.69. The van der Waals surface area contributed by atoms with Gasteiger partial charge in [0.05, 0.1) is 15.8 Å². The number of rotatable bonds is 4. The van der Waals surface area contributed by atoms with Crippen molar-refractivity contribution in [3.8, 4) is 0 Å². The van der Waals surface area contributed by atoms with Crippen molar-refractivity contribution in [1.82, 2.24) is 14.7 Å². The second kappa shape index (κ2) is 6.39. The standard InChI is InChI=1S/C11H14N4O4S.ClH/c1-6(5-12)15-20(18,19)7-2-3-9-8(4-7)10(16)14-11(17)13-9;/h2-4,6,15H,5,12H2,1H3,(H2,13,14,16,17);1H/t6-;/m0./s1. The zero-order valence-electron chi connectivity index (χ0n) is 11.0. The number of hydrogen-bond donors (Lipinski definition) is 4. The molecule has 0 aliphatic heterocycles. The molecule has 0 bridgehead atoms. The summed E-state index contributed by atoms with van der Waals surface area (Å²) < 4.78 is 26.5. The Morgan fingerprint density at radius 1 is 1.29 bits per heavy atom. The highest BCUT2D eigenvalue weighted by Crippen LogP contribution is 2.14. The van der Waals surface area contributed by atoms with Crippen LogP contribution in [0.3, 0.4) is 0 Å². The van der Waals surface area contributed by atoms with Crippen LogP contribution in [0.15, 0.2) is 32.7 Å². The normalized spacial score (nSPS) is 12.9. The summed E-state index contributed by atoms with van der Waals surface area (Å²) in [5.74, 6) is 0. The summed E-state index contributed by atoms with van der Waals surface area (Å²) >= 11 is 0. The van der Waals surface area contributed by atoms with Gasteiger partial charge in [-0.3, -0.25) is 9.78 Å². The fourth-order valence-corrected chi connectivity index (χ4v) is 2.97. The molecule has 21 heavy (non-hydrogen) atoms. The average molecular weight is 335 g/mol. The molecule has 1 aromatic carbocycles. The zero-order chi connectivity index (χ0) is 14.9. The lowest BCUT2D eigenvalue weighted by Crippen LogP contribution is -2.37. The van der Waals surface area contributed by atoms with E-state index in [4.69, 9.17) is 5.73 Å². The van der Waals surface area contributed by atoms with E-state index < -0.39 is 27.3 Å². The van der Waals surface area contributed by atoms with Gasteiger partial charge < -0.3 is 10.7 Å². The minimum Gasteiger partial charge on any atom is -0.329 e. The van der Waals surface area contributed by atoms with Gasteiger partial charge in [0.25, 0.3) is 5.56 Å². The summed E-state index contributed by atoms with van der Waals surface area (Å²) in [5.41, 5.74) is 4.34. The average Bonchev–Trinajstić information content (AvgIpc) is 2.37. The summed E-state index contributed by atoms with van der Waals surface area (Å²) in [4.78, 5) is 27.2. The Kier molecular flexibility index (Phi) is 5.29. The molecule has 1 heterocycles. The molecule has 0 saturated carbocycles. The van der Waals surface area contributed by atoms with E-state index in [2.05, 4.69) is 9.71 Å². The molecular formula is C11H15ClN4O4S. The molecular weight excluding hydrogens is 320 g/mol. The largest absolute Gasteiger partial charge is 0.329 e.